The first-order valence-electron chi connectivity index (χ1n) is 33.5. The van der Waals surface area contributed by atoms with Crippen molar-refractivity contribution in [1.82, 2.24) is 0 Å². The Morgan fingerprint density at radius 2 is 0.320 bits per heavy atom. The third-order valence-electron chi connectivity index (χ3n) is 15.1. The minimum Gasteiger partial charge on any atom is -0.550 e. The molecule has 0 aliphatic heterocycles. The Labute approximate surface area is 594 Å². The fourth-order valence-corrected chi connectivity index (χ4v) is 19.7. The zero-order valence-electron chi connectivity index (χ0n) is 55.9. The average Bonchev–Trinajstić information content (AvgIpc) is 0.884. The number of unbranched alkanes of at least 4 members (excludes halogenated alkanes) is 8. The molecule has 0 N–H and O–H groups in total. The first-order valence-corrected chi connectivity index (χ1v) is 38.9. The van der Waals surface area contributed by atoms with Crippen LogP contribution in [0.15, 0.2) is 364 Å². The van der Waals surface area contributed by atoms with Crippen molar-refractivity contribution in [3.05, 3.63) is 364 Å². The number of aliphatic carboxylic acids is 2. The molecule has 0 bridgehead atoms. The van der Waals surface area contributed by atoms with Gasteiger partial charge in [0.25, 0.3) is 0 Å². The van der Waals surface area contributed by atoms with Gasteiger partial charge in [0.1, 0.15) is 0 Å². The van der Waals surface area contributed by atoms with Crippen molar-refractivity contribution < 1.29 is 36.6 Å². The Kier molecular flexibility index (Phi) is 38.2. The SMILES string of the molecule is CCCCCCCC(=O)[O-].CCCCCCCC(=O)[O-].[Co+2].c1ccc(P(c2ccccc2)c2ccccc2)cc1.c1ccc(P(c2ccccc2)c2ccccc2)cc1.c1ccc(P(c2ccccc2)c2ccccc2)cc1.c1ccc(P(c2ccccc2)c2ccccc2)cc1. The molecule has 0 spiro atoms. The van der Waals surface area contributed by atoms with E-state index < -0.39 is 43.6 Å². The van der Waals surface area contributed by atoms with Gasteiger partial charge in [0.2, 0.25) is 0 Å². The maximum atomic E-state index is 9.92. The van der Waals surface area contributed by atoms with Crippen LogP contribution in [0.4, 0.5) is 0 Å². The minimum absolute atomic E-state index is 0. The summed E-state index contributed by atoms with van der Waals surface area (Å²) in [6.45, 7) is 4.28. The Balaban J connectivity index is 0.000000187. The molecule has 0 aromatic heterocycles. The van der Waals surface area contributed by atoms with Crippen LogP contribution in [0.25, 0.3) is 0 Å². The van der Waals surface area contributed by atoms with Crippen molar-refractivity contribution in [2.24, 2.45) is 0 Å². The van der Waals surface area contributed by atoms with Gasteiger partial charge in [0.05, 0.1) is 0 Å². The Hall–Kier alpha value is -8.19. The van der Waals surface area contributed by atoms with Crippen LogP contribution < -0.4 is 73.9 Å². The van der Waals surface area contributed by atoms with Gasteiger partial charge >= 0.3 is 16.8 Å². The molecule has 0 aliphatic rings. The van der Waals surface area contributed by atoms with Crippen LogP contribution in [0.1, 0.15) is 90.9 Å². The predicted octanol–water partition coefficient (Wildman–Crippen LogP) is 16.0. The first-order chi connectivity index (χ1) is 47.3. The molecule has 12 aromatic carbocycles. The van der Waals surface area contributed by atoms with Gasteiger partial charge in [-0.2, -0.15) is 0 Å². The van der Waals surface area contributed by atoms with Gasteiger partial charge in [-0.05, 0) is 121 Å². The van der Waals surface area contributed by atoms with Gasteiger partial charge in [0, 0.05) is 11.9 Å². The second kappa shape index (κ2) is 47.7. The second-order valence-electron chi connectivity index (χ2n) is 22.4. The summed E-state index contributed by atoms with van der Waals surface area (Å²) in [5, 5.41) is 36.6. The summed E-state index contributed by atoms with van der Waals surface area (Å²) in [6.07, 6.45) is 11.2. The van der Waals surface area contributed by atoms with Crippen molar-refractivity contribution in [3.8, 4) is 0 Å². The monoisotopic (exact) mass is 1390 g/mol. The molecule has 0 aliphatic carbocycles. The number of carbonyl (C=O) groups is 2. The Morgan fingerprint density at radius 3 is 0.423 bits per heavy atom. The van der Waals surface area contributed by atoms with Crippen LogP contribution in [0.3, 0.4) is 0 Å². The molecule has 1 radical (unpaired) electrons. The molecule has 9 heteroatoms. The first kappa shape index (κ1) is 77.8. The van der Waals surface area contributed by atoms with E-state index in [4.69, 9.17) is 0 Å². The quantitative estimate of drug-likeness (QED) is 0.0446. The number of hydrogen-bond donors (Lipinski definition) is 0. The van der Waals surface area contributed by atoms with Crippen molar-refractivity contribution in [2.45, 2.75) is 90.9 Å². The zero-order chi connectivity index (χ0) is 67.3. The van der Waals surface area contributed by atoms with Gasteiger partial charge < -0.3 is 19.8 Å². The summed E-state index contributed by atoms with van der Waals surface area (Å²) in [7, 11) is -1.78. The number of benzene rings is 12. The largest absolute Gasteiger partial charge is 2.00 e. The summed E-state index contributed by atoms with van der Waals surface area (Å²) < 4.78 is 0. The molecule has 495 valence electrons. The number of hydrogen-bond acceptors (Lipinski definition) is 4. The summed E-state index contributed by atoms with van der Waals surface area (Å²) in [5.74, 6) is -1.84. The maximum absolute atomic E-state index is 9.92. The van der Waals surface area contributed by atoms with E-state index in [0.29, 0.717) is 0 Å². The predicted molar refractivity (Wildman–Crippen MR) is 417 cm³/mol. The fourth-order valence-electron chi connectivity index (χ4n) is 10.5. The average molecular weight is 1390 g/mol. The standard InChI is InChI=1S/4C18H15P.2C8H16O2.Co/c4*1-4-10-16(11-5-1)19(17-12-6-2-7-13-17)18-14-8-3-9-15-18;2*1-2-3-4-5-6-7-8(9)10;/h4*1-15H;2*2-7H2,1H3,(H,9,10);/q;;;;;;+2/p-2. The molecule has 4 nitrogen and oxygen atoms in total. The van der Waals surface area contributed by atoms with Crippen molar-refractivity contribution in [1.29, 1.82) is 0 Å². The number of carboxylic acids is 2. The molecule has 12 aromatic rings. The van der Waals surface area contributed by atoms with Crippen molar-refractivity contribution in [2.75, 3.05) is 0 Å². The Morgan fingerprint density at radius 1 is 0.206 bits per heavy atom. The molecule has 0 saturated heterocycles. The van der Waals surface area contributed by atoms with E-state index in [1.165, 1.54) is 89.3 Å². The molecule has 0 saturated carbocycles. The van der Waals surface area contributed by atoms with E-state index in [2.05, 4.69) is 378 Å². The Bertz CT molecular complexity index is 3020. The molecule has 12 rings (SSSR count). The minimum atomic E-state index is -0.920. The molecular formula is C88H90CoO4P4. The number of rotatable bonds is 24. The van der Waals surface area contributed by atoms with E-state index in [1.54, 1.807) is 0 Å². The maximum Gasteiger partial charge on any atom is 2.00 e. The zero-order valence-corrected chi connectivity index (χ0v) is 60.5. The molecule has 0 fully saturated rings. The van der Waals surface area contributed by atoms with E-state index in [9.17, 15) is 19.8 Å². The summed E-state index contributed by atoms with van der Waals surface area (Å²) >= 11 is 0. The molecule has 0 unspecified atom stereocenters. The van der Waals surface area contributed by atoms with Crippen LogP contribution in [0.2, 0.25) is 0 Å². The van der Waals surface area contributed by atoms with Crippen LogP contribution in [-0.2, 0) is 26.4 Å². The third-order valence-corrected chi connectivity index (χ3v) is 24.9. The normalized spacial score (nSPS) is 10.3. The second-order valence-corrected chi connectivity index (χ2v) is 31.3. The fraction of sp³-hybridized carbons (Fsp3) is 0.159. The van der Waals surface area contributed by atoms with Crippen LogP contribution in [0.5, 0.6) is 0 Å². The number of carboxylic acid groups (broad SMARTS) is 2. The topological polar surface area (TPSA) is 80.3 Å². The van der Waals surface area contributed by atoms with Gasteiger partial charge in [0.15, 0.2) is 0 Å². The van der Waals surface area contributed by atoms with Crippen LogP contribution >= 0.6 is 31.7 Å². The van der Waals surface area contributed by atoms with E-state index >= 15 is 0 Å². The van der Waals surface area contributed by atoms with Crippen LogP contribution in [-0.4, -0.2) is 11.9 Å². The van der Waals surface area contributed by atoms with Crippen molar-refractivity contribution in [3.63, 3.8) is 0 Å². The summed E-state index contributed by atoms with van der Waals surface area (Å²) in [6, 6.07) is 129. The molecule has 0 amide bonds. The third kappa shape index (κ3) is 28.8. The molecular weight excluding hydrogens is 1300 g/mol. The van der Waals surface area contributed by atoms with Gasteiger partial charge in [-0.25, -0.2) is 0 Å². The van der Waals surface area contributed by atoms with E-state index in [1.807, 2.05) is 0 Å². The van der Waals surface area contributed by atoms with Gasteiger partial charge in [-0.3, -0.25) is 0 Å². The van der Waals surface area contributed by atoms with E-state index in [0.717, 1.165) is 38.5 Å². The molecule has 0 atom stereocenters. The van der Waals surface area contributed by atoms with Crippen LogP contribution in [0, 0.1) is 0 Å². The van der Waals surface area contributed by atoms with Gasteiger partial charge in [-0.1, -0.05) is 429 Å². The van der Waals surface area contributed by atoms with Crippen molar-refractivity contribution >= 4 is 107 Å². The smallest absolute Gasteiger partial charge is 0.550 e. The number of carbonyl (C=O) groups excluding carboxylic acids is 2. The summed E-state index contributed by atoms with van der Waals surface area (Å²) in [5.41, 5.74) is 0. The molecule has 97 heavy (non-hydrogen) atoms. The van der Waals surface area contributed by atoms with E-state index in [-0.39, 0.29) is 29.6 Å². The summed E-state index contributed by atoms with van der Waals surface area (Å²) in [4.78, 5) is 19.8. The molecule has 0 heterocycles. The van der Waals surface area contributed by atoms with Gasteiger partial charge in [-0.15, -0.1) is 0 Å².